The summed E-state index contributed by atoms with van der Waals surface area (Å²) >= 11 is 0. The largest absolute Gasteiger partial charge is 0.482 e. The van der Waals surface area contributed by atoms with Crippen molar-refractivity contribution in [3.05, 3.63) is 54.0 Å². The summed E-state index contributed by atoms with van der Waals surface area (Å²) in [6.07, 6.45) is 2.60. The van der Waals surface area contributed by atoms with E-state index >= 15 is 0 Å². The number of pyridine rings is 1. The smallest absolute Gasteiger partial charge is 0.262 e. The Hall–Kier alpha value is -3.42. The third kappa shape index (κ3) is 3.53. The predicted octanol–water partition coefficient (Wildman–Crippen LogP) is 2.58. The lowest BCUT2D eigenvalue weighted by Crippen LogP contribution is -2.31. The van der Waals surface area contributed by atoms with E-state index in [1.54, 1.807) is 18.2 Å². The molecule has 1 aliphatic heterocycles. The number of benzene rings is 1. The van der Waals surface area contributed by atoms with Crippen molar-refractivity contribution in [2.75, 3.05) is 11.9 Å². The second-order valence-corrected chi connectivity index (χ2v) is 7.19. The van der Waals surface area contributed by atoms with Crippen LogP contribution in [0.4, 0.5) is 5.69 Å². The molecule has 0 saturated heterocycles. The number of fused-ring (bicyclic) bond motifs is 2. The highest BCUT2D eigenvalue weighted by Crippen LogP contribution is 2.29. The van der Waals surface area contributed by atoms with Gasteiger partial charge in [0.1, 0.15) is 5.75 Å². The molecule has 3 heterocycles. The van der Waals surface area contributed by atoms with Crippen molar-refractivity contribution < 1.29 is 14.3 Å². The molecule has 28 heavy (non-hydrogen) atoms. The molecule has 1 aromatic carbocycles. The average Bonchev–Trinajstić information content (AvgIpc) is 3.10. The monoisotopic (exact) mass is 379 g/mol. The zero-order valence-corrected chi connectivity index (χ0v) is 15.7. The van der Waals surface area contributed by atoms with E-state index in [1.165, 1.54) is 0 Å². The molecule has 0 bridgehead atoms. The minimum atomic E-state index is -0.299. The summed E-state index contributed by atoms with van der Waals surface area (Å²) in [4.78, 5) is 24.4. The molecule has 8 heteroatoms. The molecule has 0 saturated carbocycles. The summed E-state index contributed by atoms with van der Waals surface area (Å²) in [5, 5.41) is 14.3. The van der Waals surface area contributed by atoms with Gasteiger partial charge >= 0.3 is 0 Å². The summed E-state index contributed by atoms with van der Waals surface area (Å²) in [6, 6.07) is 10.4. The van der Waals surface area contributed by atoms with Gasteiger partial charge in [-0.05, 0) is 42.7 Å². The number of hydrogen-bond donors (Lipinski definition) is 2. The van der Waals surface area contributed by atoms with Crippen molar-refractivity contribution >= 4 is 23.1 Å². The Labute approximate surface area is 161 Å². The van der Waals surface area contributed by atoms with Crippen LogP contribution < -0.4 is 15.4 Å². The Morgan fingerprint density at radius 2 is 2.14 bits per heavy atom. The highest BCUT2D eigenvalue weighted by Gasteiger charge is 2.23. The van der Waals surface area contributed by atoms with Crippen LogP contribution in [0.1, 0.15) is 42.5 Å². The minimum absolute atomic E-state index is 0.0189. The number of rotatable bonds is 5. The molecule has 4 rings (SSSR count). The first-order valence-electron chi connectivity index (χ1n) is 9.18. The molecule has 2 N–H and O–H groups in total. The average molecular weight is 379 g/mol. The number of amides is 2. The normalized spacial score (nSPS) is 14.3. The lowest BCUT2D eigenvalue weighted by molar-refractivity contribution is -0.118. The maximum absolute atomic E-state index is 12.9. The first-order chi connectivity index (χ1) is 13.5. The van der Waals surface area contributed by atoms with Gasteiger partial charge in [-0.25, -0.2) is 0 Å². The van der Waals surface area contributed by atoms with Crippen molar-refractivity contribution in [2.45, 2.75) is 26.3 Å². The zero-order chi connectivity index (χ0) is 19.7. The molecule has 0 spiro atoms. The number of hydrogen-bond acceptors (Lipinski definition) is 5. The van der Waals surface area contributed by atoms with E-state index in [0.29, 0.717) is 35.2 Å². The molecule has 0 aliphatic carbocycles. The standard InChI is InChI=1S/C20H21N5O3/c1-12(2)9-15(19-24-23-17-5-3-4-8-25(17)19)22-20(27)13-6-7-16-14(10-13)21-18(26)11-28-16/h3-8,10,12,15H,9,11H2,1-2H3,(H,21,26)(H,22,27)/t15-/m0/s1. The molecular formula is C20H21N5O3. The van der Waals surface area contributed by atoms with Crippen LogP contribution >= 0.6 is 0 Å². The van der Waals surface area contributed by atoms with E-state index in [2.05, 4.69) is 34.7 Å². The minimum Gasteiger partial charge on any atom is -0.482 e. The van der Waals surface area contributed by atoms with Gasteiger partial charge in [-0.2, -0.15) is 0 Å². The van der Waals surface area contributed by atoms with Crippen molar-refractivity contribution in [2.24, 2.45) is 5.92 Å². The fourth-order valence-corrected chi connectivity index (χ4v) is 3.26. The van der Waals surface area contributed by atoms with E-state index in [-0.39, 0.29) is 24.5 Å². The fourth-order valence-electron chi connectivity index (χ4n) is 3.26. The number of aromatic nitrogens is 3. The Bertz CT molecular complexity index is 1040. The molecule has 1 atom stereocenters. The van der Waals surface area contributed by atoms with Gasteiger partial charge in [0, 0.05) is 11.8 Å². The highest BCUT2D eigenvalue weighted by molar-refractivity contribution is 5.99. The first-order valence-corrected chi connectivity index (χ1v) is 9.18. The van der Waals surface area contributed by atoms with E-state index in [0.717, 1.165) is 5.65 Å². The molecular weight excluding hydrogens is 358 g/mol. The lowest BCUT2D eigenvalue weighted by Gasteiger charge is -2.21. The Balaban J connectivity index is 1.61. The topological polar surface area (TPSA) is 97.6 Å². The SMILES string of the molecule is CC(C)C[C@H](NC(=O)c1ccc2c(c1)NC(=O)CO2)c1nnc2ccccn12. The quantitative estimate of drug-likeness (QED) is 0.710. The van der Waals surface area contributed by atoms with Crippen molar-refractivity contribution in [1.29, 1.82) is 0 Å². The van der Waals surface area contributed by atoms with E-state index in [1.807, 2.05) is 28.8 Å². The summed E-state index contributed by atoms with van der Waals surface area (Å²) in [6.45, 7) is 4.16. The summed E-state index contributed by atoms with van der Waals surface area (Å²) in [7, 11) is 0. The molecule has 3 aromatic rings. The number of nitrogens with zero attached hydrogens (tertiary/aromatic N) is 3. The van der Waals surface area contributed by atoms with Gasteiger partial charge in [0.15, 0.2) is 18.1 Å². The van der Waals surface area contributed by atoms with Gasteiger partial charge in [-0.1, -0.05) is 19.9 Å². The molecule has 2 amide bonds. The summed E-state index contributed by atoms with van der Waals surface area (Å²) in [5.74, 6) is 1.10. The second-order valence-electron chi connectivity index (χ2n) is 7.19. The second kappa shape index (κ2) is 7.30. The van der Waals surface area contributed by atoms with E-state index < -0.39 is 0 Å². The number of anilines is 1. The van der Waals surface area contributed by atoms with Crippen molar-refractivity contribution in [3.63, 3.8) is 0 Å². The summed E-state index contributed by atoms with van der Waals surface area (Å²) < 4.78 is 7.23. The number of ether oxygens (including phenoxy) is 1. The number of carbonyl (C=O) groups is 2. The van der Waals surface area contributed by atoms with Crippen molar-refractivity contribution in [3.8, 4) is 5.75 Å². The lowest BCUT2D eigenvalue weighted by atomic mass is 10.0. The molecule has 0 unspecified atom stereocenters. The fraction of sp³-hybridized carbons (Fsp3) is 0.300. The number of nitrogens with one attached hydrogen (secondary N) is 2. The van der Waals surface area contributed by atoms with Crippen LogP contribution in [-0.2, 0) is 4.79 Å². The van der Waals surface area contributed by atoms with Gasteiger partial charge in [-0.3, -0.25) is 14.0 Å². The van der Waals surface area contributed by atoms with Crippen molar-refractivity contribution in [1.82, 2.24) is 19.9 Å². The molecule has 2 aromatic heterocycles. The van der Waals surface area contributed by atoms with Gasteiger partial charge < -0.3 is 15.4 Å². The van der Waals surface area contributed by atoms with Crippen LogP contribution in [0.15, 0.2) is 42.6 Å². The van der Waals surface area contributed by atoms with Crippen LogP contribution in [-0.4, -0.2) is 33.0 Å². The molecule has 144 valence electrons. The number of carbonyl (C=O) groups excluding carboxylic acids is 2. The molecule has 8 nitrogen and oxygen atoms in total. The van der Waals surface area contributed by atoms with Crippen LogP contribution in [0.25, 0.3) is 5.65 Å². The van der Waals surface area contributed by atoms with Crippen LogP contribution in [0.3, 0.4) is 0 Å². The third-order valence-corrected chi connectivity index (χ3v) is 4.54. The molecule has 1 aliphatic rings. The van der Waals surface area contributed by atoms with Gasteiger partial charge in [-0.15, -0.1) is 10.2 Å². The van der Waals surface area contributed by atoms with Gasteiger partial charge in [0.05, 0.1) is 11.7 Å². The Morgan fingerprint density at radius 3 is 2.96 bits per heavy atom. The maximum atomic E-state index is 12.9. The van der Waals surface area contributed by atoms with E-state index in [9.17, 15) is 9.59 Å². The van der Waals surface area contributed by atoms with Gasteiger partial charge in [0.2, 0.25) is 0 Å². The zero-order valence-electron chi connectivity index (χ0n) is 15.7. The van der Waals surface area contributed by atoms with Crippen LogP contribution in [0.5, 0.6) is 5.75 Å². The van der Waals surface area contributed by atoms with Gasteiger partial charge in [0.25, 0.3) is 11.8 Å². The van der Waals surface area contributed by atoms with E-state index in [4.69, 9.17) is 4.74 Å². The molecule has 0 radical (unpaired) electrons. The molecule has 0 fully saturated rings. The Morgan fingerprint density at radius 1 is 1.29 bits per heavy atom. The first kappa shape index (κ1) is 18.0. The Kier molecular flexibility index (Phi) is 4.68. The third-order valence-electron chi connectivity index (χ3n) is 4.54. The highest BCUT2D eigenvalue weighted by atomic mass is 16.5. The van der Waals surface area contributed by atoms with Crippen LogP contribution in [0.2, 0.25) is 0 Å². The maximum Gasteiger partial charge on any atom is 0.262 e. The predicted molar refractivity (Wildman–Crippen MR) is 103 cm³/mol. The summed E-state index contributed by atoms with van der Waals surface area (Å²) in [5.41, 5.74) is 1.67. The van der Waals surface area contributed by atoms with Crippen LogP contribution in [0, 0.1) is 5.92 Å².